The van der Waals surface area contributed by atoms with Crippen molar-refractivity contribution in [1.82, 2.24) is 10.1 Å². The summed E-state index contributed by atoms with van der Waals surface area (Å²) in [4.78, 5) is 4.36. The maximum Gasteiger partial charge on any atom is 0.232 e. The van der Waals surface area contributed by atoms with Gasteiger partial charge in [0.1, 0.15) is 0 Å². The molecule has 2 unspecified atom stereocenters. The molecule has 0 radical (unpaired) electrons. The molecule has 0 amide bonds. The highest BCUT2D eigenvalue weighted by Gasteiger charge is 2.20. The molecule has 1 aliphatic rings. The normalized spacial score (nSPS) is 20.8. The van der Waals surface area contributed by atoms with Gasteiger partial charge < -0.3 is 9.63 Å². The van der Waals surface area contributed by atoms with Crippen molar-refractivity contribution >= 4 is 11.8 Å². The second kappa shape index (κ2) is 6.57. The van der Waals surface area contributed by atoms with Crippen LogP contribution in [0.1, 0.15) is 63.6 Å². The highest BCUT2D eigenvalue weighted by Crippen LogP contribution is 2.30. The maximum absolute atomic E-state index is 9.48. The van der Waals surface area contributed by atoms with E-state index in [1.54, 1.807) is 6.92 Å². The predicted molar refractivity (Wildman–Crippen MR) is 72.6 cm³/mol. The SMILES string of the molecule is CC(O)C(C)c1nc(CSC2CCCCC2)no1. The second-order valence-corrected chi connectivity index (χ2v) is 6.44. The average molecular weight is 270 g/mol. The van der Waals surface area contributed by atoms with Crippen molar-refractivity contribution in [3.05, 3.63) is 11.7 Å². The summed E-state index contributed by atoms with van der Waals surface area (Å²) in [6, 6.07) is 0. The number of nitrogens with zero attached hydrogens (tertiary/aromatic N) is 2. The van der Waals surface area contributed by atoms with E-state index in [9.17, 15) is 5.11 Å². The topological polar surface area (TPSA) is 59.2 Å². The Bertz CT molecular complexity index is 362. The molecule has 1 aromatic heterocycles. The standard InChI is InChI=1S/C13H22N2O2S/c1-9(10(2)16)13-14-12(15-17-13)8-18-11-6-4-3-5-7-11/h9-11,16H,3-8H2,1-2H3. The van der Waals surface area contributed by atoms with Crippen molar-refractivity contribution in [2.45, 2.75) is 69.0 Å². The summed E-state index contributed by atoms with van der Waals surface area (Å²) in [7, 11) is 0. The van der Waals surface area contributed by atoms with E-state index in [2.05, 4.69) is 10.1 Å². The summed E-state index contributed by atoms with van der Waals surface area (Å²) in [6.07, 6.45) is 6.28. The molecule has 0 saturated heterocycles. The van der Waals surface area contributed by atoms with E-state index < -0.39 is 6.10 Å². The lowest BCUT2D eigenvalue weighted by Gasteiger charge is -2.20. The Balaban J connectivity index is 1.82. The quantitative estimate of drug-likeness (QED) is 0.890. The Labute approximate surface area is 113 Å². The van der Waals surface area contributed by atoms with E-state index in [-0.39, 0.29) is 5.92 Å². The first kappa shape index (κ1) is 13.9. The van der Waals surface area contributed by atoms with E-state index in [1.807, 2.05) is 18.7 Å². The van der Waals surface area contributed by atoms with Gasteiger partial charge in [-0.1, -0.05) is 31.3 Å². The van der Waals surface area contributed by atoms with Crippen LogP contribution in [0.5, 0.6) is 0 Å². The molecular weight excluding hydrogens is 248 g/mol. The number of rotatable bonds is 5. The lowest BCUT2D eigenvalue weighted by atomic mass is 10.0. The maximum atomic E-state index is 9.48. The van der Waals surface area contributed by atoms with Gasteiger partial charge in [0.05, 0.1) is 17.8 Å². The van der Waals surface area contributed by atoms with E-state index in [4.69, 9.17) is 4.52 Å². The van der Waals surface area contributed by atoms with Crippen LogP contribution in [-0.2, 0) is 5.75 Å². The van der Waals surface area contributed by atoms with E-state index in [0.717, 1.165) is 16.8 Å². The fraction of sp³-hybridized carbons (Fsp3) is 0.846. The Morgan fingerprint density at radius 3 is 2.72 bits per heavy atom. The van der Waals surface area contributed by atoms with Crippen molar-refractivity contribution in [3.8, 4) is 0 Å². The molecule has 0 spiro atoms. The summed E-state index contributed by atoms with van der Waals surface area (Å²) >= 11 is 1.94. The zero-order valence-corrected chi connectivity index (χ0v) is 11.9. The van der Waals surface area contributed by atoms with Crippen molar-refractivity contribution in [1.29, 1.82) is 0 Å². The van der Waals surface area contributed by atoms with Crippen LogP contribution < -0.4 is 0 Å². The lowest BCUT2D eigenvalue weighted by molar-refractivity contribution is 0.151. The van der Waals surface area contributed by atoms with Gasteiger partial charge in [-0.15, -0.1) is 0 Å². The molecule has 1 N–H and O–H groups in total. The summed E-state index contributed by atoms with van der Waals surface area (Å²) in [5.41, 5.74) is 0. The van der Waals surface area contributed by atoms with Crippen molar-refractivity contribution in [2.24, 2.45) is 0 Å². The van der Waals surface area contributed by atoms with E-state index in [0.29, 0.717) is 5.89 Å². The zero-order valence-electron chi connectivity index (χ0n) is 11.1. The number of thioether (sulfide) groups is 1. The van der Waals surface area contributed by atoms with Gasteiger partial charge in [0, 0.05) is 5.25 Å². The molecule has 2 atom stereocenters. The number of hydrogen-bond donors (Lipinski definition) is 1. The summed E-state index contributed by atoms with van der Waals surface area (Å²) in [6.45, 7) is 3.64. The number of hydrogen-bond acceptors (Lipinski definition) is 5. The van der Waals surface area contributed by atoms with Gasteiger partial charge in [-0.3, -0.25) is 0 Å². The summed E-state index contributed by atoms with van der Waals surface area (Å²) in [5, 5.41) is 14.2. The lowest BCUT2D eigenvalue weighted by Crippen LogP contribution is -2.11. The molecule has 18 heavy (non-hydrogen) atoms. The minimum absolute atomic E-state index is 0.0917. The summed E-state index contributed by atoms with van der Waals surface area (Å²) in [5.74, 6) is 2.03. The molecule has 1 heterocycles. The highest BCUT2D eigenvalue weighted by molar-refractivity contribution is 7.99. The number of aromatic nitrogens is 2. The predicted octanol–water partition coefficient (Wildman–Crippen LogP) is 3.12. The van der Waals surface area contributed by atoms with Gasteiger partial charge in [0.25, 0.3) is 0 Å². The van der Waals surface area contributed by atoms with Gasteiger partial charge >= 0.3 is 0 Å². The third-order valence-corrected chi connectivity index (χ3v) is 4.96. The Morgan fingerprint density at radius 1 is 1.33 bits per heavy atom. The van der Waals surface area contributed by atoms with Crippen molar-refractivity contribution in [3.63, 3.8) is 0 Å². The number of aliphatic hydroxyl groups excluding tert-OH is 1. The Hall–Kier alpha value is -0.550. The zero-order chi connectivity index (χ0) is 13.0. The molecule has 2 rings (SSSR count). The monoisotopic (exact) mass is 270 g/mol. The fourth-order valence-electron chi connectivity index (χ4n) is 2.14. The van der Waals surface area contributed by atoms with Crippen LogP contribution >= 0.6 is 11.8 Å². The molecule has 1 aromatic rings. The van der Waals surface area contributed by atoms with E-state index in [1.165, 1.54) is 32.1 Å². The largest absolute Gasteiger partial charge is 0.393 e. The van der Waals surface area contributed by atoms with Gasteiger partial charge in [0.15, 0.2) is 5.82 Å². The molecule has 0 aliphatic heterocycles. The van der Waals surface area contributed by atoms with Crippen LogP contribution in [0, 0.1) is 0 Å². The smallest absolute Gasteiger partial charge is 0.232 e. The first-order valence-electron chi connectivity index (χ1n) is 6.79. The summed E-state index contributed by atoms with van der Waals surface area (Å²) < 4.78 is 5.19. The molecular formula is C13H22N2O2S. The minimum Gasteiger partial charge on any atom is -0.393 e. The van der Waals surface area contributed by atoms with Gasteiger partial charge in [-0.25, -0.2) is 0 Å². The average Bonchev–Trinajstić information content (AvgIpc) is 2.85. The molecule has 1 aliphatic carbocycles. The van der Waals surface area contributed by atoms with E-state index >= 15 is 0 Å². The van der Waals surface area contributed by atoms with Gasteiger partial charge in [0.2, 0.25) is 5.89 Å². The number of aliphatic hydroxyl groups is 1. The highest BCUT2D eigenvalue weighted by atomic mass is 32.2. The van der Waals surface area contributed by atoms with Crippen LogP contribution in [0.2, 0.25) is 0 Å². The third kappa shape index (κ3) is 3.72. The minimum atomic E-state index is -0.454. The molecule has 1 saturated carbocycles. The van der Waals surface area contributed by atoms with Crippen LogP contribution in [0.3, 0.4) is 0 Å². The Kier molecular flexibility index (Phi) is 5.06. The first-order chi connectivity index (χ1) is 8.66. The van der Waals surface area contributed by atoms with Crippen molar-refractivity contribution < 1.29 is 9.63 Å². The van der Waals surface area contributed by atoms with Crippen LogP contribution in [-0.4, -0.2) is 26.6 Å². The van der Waals surface area contributed by atoms with Crippen molar-refractivity contribution in [2.75, 3.05) is 0 Å². The third-order valence-electron chi connectivity index (χ3n) is 3.60. The molecule has 102 valence electrons. The Morgan fingerprint density at radius 2 is 2.06 bits per heavy atom. The van der Waals surface area contributed by atoms with Gasteiger partial charge in [-0.2, -0.15) is 16.7 Å². The molecule has 5 heteroatoms. The molecule has 0 aromatic carbocycles. The van der Waals surface area contributed by atoms with Crippen LogP contribution in [0.4, 0.5) is 0 Å². The van der Waals surface area contributed by atoms with Crippen LogP contribution in [0.15, 0.2) is 4.52 Å². The second-order valence-electron chi connectivity index (χ2n) is 5.15. The molecule has 4 nitrogen and oxygen atoms in total. The fourth-order valence-corrected chi connectivity index (χ4v) is 3.31. The van der Waals surface area contributed by atoms with Crippen LogP contribution in [0.25, 0.3) is 0 Å². The van der Waals surface area contributed by atoms with Gasteiger partial charge in [-0.05, 0) is 19.8 Å². The molecule has 1 fully saturated rings. The molecule has 0 bridgehead atoms. The first-order valence-corrected chi connectivity index (χ1v) is 7.84.